The second-order valence-corrected chi connectivity index (χ2v) is 6.97. The Balaban J connectivity index is 1.71. The second-order valence-electron chi connectivity index (χ2n) is 6.97. The Bertz CT molecular complexity index is 714. The molecule has 1 aliphatic heterocycles. The summed E-state index contributed by atoms with van der Waals surface area (Å²) in [5.74, 6) is -0.302. The maximum atomic E-state index is 12.6. The molecule has 1 fully saturated rings. The quantitative estimate of drug-likeness (QED) is 0.653. The van der Waals surface area contributed by atoms with Crippen LogP contribution in [0.5, 0.6) is 0 Å². The fourth-order valence-corrected chi connectivity index (χ4v) is 3.65. The number of nitriles is 1. The third-order valence-corrected chi connectivity index (χ3v) is 5.21. The molecule has 0 bridgehead atoms. The predicted octanol–water partition coefficient (Wildman–Crippen LogP) is 2.87. The summed E-state index contributed by atoms with van der Waals surface area (Å²) >= 11 is 0. The van der Waals surface area contributed by atoms with E-state index in [1.54, 1.807) is 6.20 Å². The summed E-state index contributed by atoms with van der Waals surface area (Å²) in [7, 11) is 0. The van der Waals surface area contributed by atoms with Gasteiger partial charge in [-0.25, -0.2) is 0 Å². The molecule has 1 atom stereocenters. The van der Waals surface area contributed by atoms with Crippen LogP contribution in [0, 0.1) is 11.3 Å². The number of nitrogens with one attached hydrogen (secondary N) is 1. The molecule has 1 amide bonds. The van der Waals surface area contributed by atoms with Gasteiger partial charge in [0.05, 0.1) is 19.3 Å². The van der Waals surface area contributed by atoms with Gasteiger partial charge in [0.2, 0.25) is 0 Å². The van der Waals surface area contributed by atoms with E-state index in [2.05, 4.69) is 30.4 Å². The normalized spacial score (nSPS) is 18.6. The molecule has 1 aromatic carbocycles. The van der Waals surface area contributed by atoms with Crippen molar-refractivity contribution in [2.24, 2.45) is 0 Å². The third kappa shape index (κ3) is 4.44. The van der Waals surface area contributed by atoms with Crippen molar-refractivity contribution >= 4 is 5.91 Å². The van der Waals surface area contributed by atoms with Gasteiger partial charge in [0.25, 0.3) is 5.91 Å². The minimum absolute atomic E-state index is 0.0730. The number of carbonyl (C=O) groups is 1. The Morgan fingerprint density at radius 3 is 2.73 bits per heavy atom. The van der Waals surface area contributed by atoms with E-state index in [-0.39, 0.29) is 17.5 Å². The molecule has 0 radical (unpaired) electrons. The first-order chi connectivity index (χ1) is 12.7. The van der Waals surface area contributed by atoms with Gasteiger partial charge in [-0.1, -0.05) is 25.1 Å². The zero-order valence-corrected chi connectivity index (χ0v) is 15.5. The van der Waals surface area contributed by atoms with Crippen molar-refractivity contribution in [3.05, 3.63) is 46.7 Å². The molecule has 0 aromatic heterocycles. The first-order valence-electron chi connectivity index (χ1n) is 9.57. The molecule has 5 heteroatoms. The molecule has 1 N–H and O–H groups in total. The van der Waals surface area contributed by atoms with Gasteiger partial charge in [0.1, 0.15) is 11.6 Å². The maximum Gasteiger partial charge on any atom is 0.263 e. The number of carbonyl (C=O) groups excluding carboxylic acids is 1. The summed E-state index contributed by atoms with van der Waals surface area (Å²) in [4.78, 5) is 14.6. The van der Waals surface area contributed by atoms with Gasteiger partial charge in [0.15, 0.2) is 0 Å². The topological polar surface area (TPSA) is 65.4 Å². The van der Waals surface area contributed by atoms with E-state index < -0.39 is 0 Å². The number of amides is 1. The smallest absolute Gasteiger partial charge is 0.263 e. The third-order valence-electron chi connectivity index (χ3n) is 5.21. The van der Waals surface area contributed by atoms with E-state index in [0.29, 0.717) is 26.3 Å². The minimum atomic E-state index is -0.302. The van der Waals surface area contributed by atoms with Crippen LogP contribution in [0.1, 0.15) is 48.9 Å². The first-order valence-corrected chi connectivity index (χ1v) is 9.57. The van der Waals surface area contributed by atoms with Crippen LogP contribution in [0.15, 0.2) is 30.0 Å². The largest absolute Gasteiger partial charge is 0.378 e. The summed E-state index contributed by atoms with van der Waals surface area (Å²) in [5, 5.41) is 12.4. The Labute approximate surface area is 155 Å². The molecule has 1 saturated heterocycles. The Hall–Kier alpha value is -2.32. The highest BCUT2D eigenvalue weighted by Crippen LogP contribution is 2.26. The maximum absolute atomic E-state index is 12.6. The van der Waals surface area contributed by atoms with E-state index in [1.165, 1.54) is 24.0 Å². The van der Waals surface area contributed by atoms with Crippen LogP contribution in [0.4, 0.5) is 0 Å². The first kappa shape index (κ1) is 18.5. The fraction of sp³-hybridized carbons (Fsp3) is 0.524. The average Bonchev–Trinajstić information content (AvgIpc) is 2.70. The lowest BCUT2D eigenvalue weighted by molar-refractivity contribution is -0.118. The number of fused-ring (bicyclic) bond motifs is 1. The molecule has 1 aromatic rings. The molecule has 1 heterocycles. The summed E-state index contributed by atoms with van der Waals surface area (Å²) in [6.07, 6.45) is 7.23. The number of ether oxygens (including phenoxy) is 1. The Morgan fingerprint density at radius 1 is 1.31 bits per heavy atom. The average molecular weight is 353 g/mol. The van der Waals surface area contributed by atoms with Crippen LogP contribution in [-0.4, -0.2) is 37.1 Å². The van der Waals surface area contributed by atoms with Crippen LogP contribution in [0.2, 0.25) is 0 Å². The van der Waals surface area contributed by atoms with E-state index in [1.807, 2.05) is 11.0 Å². The molecule has 0 saturated carbocycles. The van der Waals surface area contributed by atoms with E-state index in [9.17, 15) is 10.1 Å². The lowest BCUT2D eigenvalue weighted by atomic mass is 9.88. The van der Waals surface area contributed by atoms with Crippen LogP contribution in [-0.2, 0) is 22.4 Å². The van der Waals surface area contributed by atoms with Crippen molar-refractivity contribution < 1.29 is 9.53 Å². The molecular weight excluding hydrogens is 326 g/mol. The van der Waals surface area contributed by atoms with Crippen LogP contribution in [0.25, 0.3) is 0 Å². The van der Waals surface area contributed by atoms with Crippen LogP contribution < -0.4 is 5.32 Å². The second kappa shape index (κ2) is 8.86. The number of aryl methyl sites for hydroxylation is 2. The summed E-state index contributed by atoms with van der Waals surface area (Å²) in [6, 6.07) is 8.53. The summed E-state index contributed by atoms with van der Waals surface area (Å²) < 4.78 is 5.31. The monoisotopic (exact) mass is 353 g/mol. The van der Waals surface area contributed by atoms with Crippen LogP contribution >= 0.6 is 0 Å². The molecular formula is C21H27N3O2. The molecule has 3 rings (SSSR count). The van der Waals surface area contributed by atoms with Gasteiger partial charge in [-0.2, -0.15) is 5.26 Å². The van der Waals surface area contributed by atoms with Crippen molar-refractivity contribution in [3.63, 3.8) is 0 Å². The Kier molecular flexibility index (Phi) is 6.30. The molecule has 2 aliphatic rings. The highest BCUT2D eigenvalue weighted by molar-refractivity contribution is 5.97. The van der Waals surface area contributed by atoms with Gasteiger partial charge < -0.3 is 15.0 Å². The zero-order valence-electron chi connectivity index (χ0n) is 15.5. The SMILES string of the molecule is CCC(NC(=O)/C(C#N)=C\N1CCOCC1)c1ccc2c(c1)CCCC2. The number of hydrogen-bond acceptors (Lipinski definition) is 4. The number of nitrogens with zero attached hydrogens (tertiary/aromatic N) is 2. The molecule has 138 valence electrons. The molecule has 1 unspecified atom stereocenters. The van der Waals surface area contributed by atoms with Crippen molar-refractivity contribution in [1.82, 2.24) is 10.2 Å². The summed E-state index contributed by atoms with van der Waals surface area (Å²) in [5.41, 5.74) is 4.13. The van der Waals surface area contributed by atoms with Crippen molar-refractivity contribution in [3.8, 4) is 6.07 Å². The molecule has 26 heavy (non-hydrogen) atoms. The van der Waals surface area contributed by atoms with Crippen molar-refractivity contribution in [2.75, 3.05) is 26.3 Å². The molecule has 1 aliphatic carbocycles. The highest BCUT2D eigenvalue weighted by Gasteiger charge is 2.19. The van der Waals surface area contributed by atoms with Gasteiger partial charge in [-0.15, -0.1) is 0 Å². The van der Waals surface area contributed by atoms with Gasteiger partial charge in [0, 0.05) is 19.3 Å². The van der Waals surface area contributed by atoms with Gasteiger partial charge in [-0.05, 0) is 48.8 Å². The van der Waals surface area contributed by atoms with Gasteiger partial charge in [-0.3, -0.25) is 4.79 Å². The molecule has 5 nitrogen and oxygen atoms in total. The van der Waals surface area contributed by atoms with Gasteiger partial charge >= 0.3 is 0 Å². The standard InChI is InChI=1S/C21H27N3O2/c1-2-20(18-8-7-16-5-3-4-6-17(16)13-18)23-21(25)19(14-22)15-24-9-11-26-12-10-24/h7-8,13,15,20H,2-6,9-12H2,1H3,(H,23,25)/b19-15-. The number of morpholine rings is 1. The van der Waals surface area contributed by atoms with E-state index >= 15 is 0 Å². The number of benzene rings is 1. The highest BCUT2D eigenvalue weighted by atomic mass is 16.5. The van der Waals surface area contributed by atoms with E-state index in [0.717, 1.165) is 24.8 Å². The lowest BCUT2D eigenvalue weighted by Gasteiger charge is -2.26. The number of rotatable bonds is 5. The van der Waals surface area contributed by atoms with E-state index in [4.69, 9.17) is 4.74 Å². The lowest BCUT2D eigenvalue weighted by Crippen LogP contribution is -2.34. The van der Waals surface area contributed by atoms with Crippen molar-refractivity contribution in [2.45, 2.75) is 45.1 Å². The predicted molar refractivity (Wildman–Crippen MR) is 100 cm³/mol. The summed E-state index contributed by atoms with van der Waals surface area (Å²) in [6.45, 7) is 4.73. The molecule has 0 spiro atoms. The van der Waals surface area contributed by atoms with Crippen LogP contribution in [0.3, 0.4) is 0 Å². The van der Waals surface area contributed by atoms with Crippen molar-refractivity contribution in [1.29, 1.82) is 5.26 Å². The number of hydrogen-bond donors (Lipinski definition) is 1. The zero-order chi connectivity index (χ0) is 18.4. The minimum Gasteiger partial charge on any atom is -0.378 e. The fourth-order valence-electron chi connectivity index (χ4n) is 3.65. The Morgan fingerprint density at radius 2 is 2.04 bits per heavy atom.